The van der Waals surface area contributed by atoms with Crippen LogP contribution in [0.4, 0.5) is 10.1 Å². The Bertz CT molecular complexity index is 1730. The van der Waals surface area contributed by atoms with E-state index >= 15 is 0 Å². The molecule has 0 unspecified atom stereocenters. The van der Waals surface area contributed by atoms with Gasteiger partial charge in [-0.25, -0.2) is 9.18 Å². The first-order chi connectivity index (χ1) is 18.1. The second-order valence-electron chi connectivity index (χ2n) is 8.59. The lowest BCUT2D eigenvalue weighted by atomic mass is 9.92. The van der Waals surface area contributed by atoms with Gasteiger partial charge >= 0.3 is 5.69 Å². The van der Waals surface area contributed by atoms with E-state index in [2.05, 4.69) is 5.32 Å². The van der Waals surface area contributed by atoms with Gasteiger partial charge in [0.15, 0.2) is 6.29 Å². The molecule has 3 aromatic carbocycles. The summed E-state index contributed by atoms with van der Waals surface area (Å²) in [4.78, 5) is 48.6. The number of hydrogen-bond donors (Lipinski definition) is 1. The van der Waals surface area contributed by atoms with Gasteiger partial charge in [0.05, 0.1) is 23.4 Å². The zero-order valence-electron chi connectivity index (χ0n) is 21.0. The molecule has 1 aromatic heterocycles. The van der Waals surface area contributed by atoms with Crippen molar-refractivity contribution in [1.29, 1.82) is 0 Å². The summed E-state index contributed by atoms with van der Waals surface area (Å²) in [5.74, 6) is -1.30. The zero-order chi connectivity index (χ0) is 27.7. The van der Waals surface area contributed by atoms with Crippen LogP contribution in [0.1, 0.15) is 26.3 Å². The number of aryl methyl sites for hydroxylation is 1. The number of rotatable bonds is 6. The molecule has 0 bridgehead atoms. The maximum absolute atomic E-state index is 14.6. The molecule has 0 fully saturated rings. The topological polar surface area (TPSA) is 99.4 Å². The Morgan fingerprint density at radius 3 is 2.39 bits per heavy atom. The van der Waals surface area contributed by atoms with Gasteiger partial charge in [-0.1, -0.05) is 41.9 Å². The van der Waals surface area contributed by atoms with Gasteiger partial charge in [-0.3, -0.25) is 19.0 Å². The predicted octanol–water partition coefficient (Wildman–Crippen LogP) is 4.59. The Morgan fingerprint density at radius 2 is 1.71 bits per heavy atom. The number of aromatic nitrogens is 2. The van der Waals surface area contributed by atoms with Crippen LogP contribution < -0.4 is 21.3 Å². The van der Waals surface area contributed by atoms with E-state index < -0.39 is 23.0 Å². The van der Waals surface area contributed by atoms with Gasteiger partial charge in [0, 0.05) is 25.9 Å². The summed E-state index contributed by atoms with van der Waals surface area (Å²) < 4.78 is 21.8. The number of amides is 1. The summed E-state index contributed by atoms with van der Waals surface area (Å²) in [5, 5.41) is 2.88. The largest absolute Gasteiger partial charge is 0.496 e. The van der Waals surface area contributed by atoms with Crippen LogP contribution in [-0.2, 0) is 14.1 Å². The minimum Gasteiger partial charge on any atom is -0.496 e. The summed E-state index contributed by atoms with van der Waals surface area (Å²) in [6.07, 6.45) is 1.58. The van der Waals surface area contributed by atoms with Crippen molar-refractivity contribution in [3.05, 3.63) is 103 Å². The van der Waals surface area contributed by atoms with Crippen LogP contribution in [0.15, 0.2) is 64.3 Å². The molecule has 4 aromatic rings. The van der Waals surface area contributed by atoms with Gasteiger partial charge in [-0.2, -0.15) is 0 Å². The van der Waals surface area contributed by atoms with E-state index in [-0.39, 0.29) is 27.6 Å². The fourth-order valence-electron chi connectivity index (χ4n) is 4.26. The lowest BCUT2D eigenvalue weighted by Crippen LogP contribution is -2.40. The lowest BCUT2D eigenvalue weighted by molar-refractivity contribution is 0.102. The molecule has 0 aliphatic rings. The third-order valence-electron chi connectivity index (χ3n) is 6.30. The quantitative estimate of drug-likeness (QED) is 0.364. The highest BCUT2D eigenvalue weighted by atomic mass is 35.5. The van der Waals surface area contributed by atoms with Crippen molar-refractivity contribution in [3.63, 3.8) is 0 Å². The molecule has 0 saturated heterocycles. The van der Waals surface area contributed by atoms with Crippen molar-refractivity contribution in [2.45, 2.75) is 6.92 Å². The normalized spacial score (nSPS) is 10.8. The van der Waals surface area contributed by atoms with Gasteiger partial charge < -0.3 is 14.6 Å². The van der Waals surface area contributed by atoms with Crippen LogP contribution in [-0.4, -0.2) is 28.4 Å². The van der Waals surface area contributed by atoms with E-state index in [1.165, 1.54) is 33.5 Å². The Hall–Kier alpha value is -4.50. The van der Waals surface area contributed by atoms with E-state index in [4.69, 9.17) is 16.3 Å². The van der Waals surface area contributed by atoms with Crippen LogP contribution >= 0.6 is 11.6 Å². The molecule has 4 rings (SSSR count). The standard InChI is InChI=1S/C28H23ClFN3O5/c1-15-17(16-11-22(30)21(14-34)24(12-16)38-4)7-5-8-18(15)19-9-6-10-23(25(19)29)31-26(35)20-13-32(2)28(37)33(3)27(20)36/h5-14H,1-4H3,(H,31,35). The molecule has 0 saturated carbocycles. The summed E-state index contributed by atoms with van der Waals surface area (Å²) in [5.41, 5.74) is 1.88. The summed E-state index contributed by atoms with van der Waals surface area (Å²) in [6, 6.07) is 13.3. The number of hydrogen-bond acceptors (Lipinski definition) is 5. The van der Waals surface area contributed by atoms with E-state index in [9.17, 15) is 23.6 Å². The lowest BCUT2D eigenvalue weighted by Gasteiger charge is -2.16. The number of aldehydes is 1. The number of anilines is 1. The van der Waals surface area contributed by atoms with E-state index in [0.29, 0.717) is 23.0 Å². The first-order valence-corrected chi connectivity index (χ1v) is 11.8. The van der Waals surface area contributed by atoms with E-state index in [1.54, 1.807) is 30.3 Å². The molecule has 1 heterocycles. The molecular weight excluding hydrogens is 513 g/mol. The molecule has 1 N–H and O–H groups in total. The van der Waals surface area contributed by atoms with Gasteiger partial charge in [0.1, 0.15) is 17.1 Å². The number of carbonyl (C=O) groups is 2. The summed E-state index contributed by atoms with van der Waals surface area (Å²) >= 11 is 6.71. The minimum atomic E-state index is -0.732. The zero-order valence-corrected chi connectivity index (χ0v) is 21.7. The van der Waals surface area contributed by atoms with Crippen LogP contribution in [0.5, 0.6) is 5.75 Å². The smallest absolute Gasteiger partial charge is 0.330 e. The van der Waals surface area contributed by atoms with E-state index in [1.807, 2.05) is 19.1 Å². The summed E-state index contributed by atoms with van der Waals surface area (Å²) in [7, 11) is 4.09. The predicted molar refractivity (Wildman–Crippen MR) is 144 cm³/mol. The number of nitrogens with zero attached hydrogens (tertiary/aromatic N) is 2. The van der Waals surface area contributed by atoms with Crippen LogP contribution in [0.3, 0.4) is 0 Å². The molecule has 0 aliphatic carbocycles. The molecule has 0 radical (unpaired) electrons. The number of benzene rings is 3. The average Bonchev–Trinajstić information content (AvgIpc) is 2.90. The first-order valence-electron chi connectivity index (χ1n) is 11.4. The van der Waals surface area contributed by atoms with Gasteiger partial charge in [-0.05, 0) is 47.4 Å². The molecule has 0 atom stereocenters. The minimum absolute atomic E-state index is 0.118. The highest BCUT2D eigenvalue weighted by Crippen LogP contribution is 2.39. The molecule has 1 amide bonds. The van der Waals surface area contributed by atoms with Gasteiger partial charge in [0.2, 0.25) is 0 Å². The first kappa shape index (κ1) is 26.6. The van der Waals surface area contributed by atoms with Crippen molar-refractivity contribution in [2.75, 3.05) is 12.4 Å². The van der Waals surface area contributed by atoms with Crippen molar-refractivity contribution in [2.24, 2.45) is 14.1 Å². The Morgan fingerprint density at radius 1 is 1.05 bits per heavy atom. The number of halogens is 2. The number of carbonyl (C=O) groups excluding carboxylic acids is 2. The fraction of sp³-hybridized carbons (Fsp3) is 0.143. The number of ether oxygens (including phenoxy) is 1. The van der Waals surface area contributed by atoms with Crippen LogP contribution in [0.2, 0.25) is 5.02 Å². The number of methoxy groups -OCH3 is 1. The van der Waals surface area contributed by atoms with Crippen LogP contribution in [0.25, 0.3) is 22.3 Å². The van der Waals surface area contributed by atoms with Crippen molar-refractivity contribution >= 4 is 29.5 Å². The number of nitrogens with one attached hydrogen (secondary N) is 1. The van der Waals surface area contributed by atoms with Crippen LogP contribution in [0, 0.1) is 12.7 Å². The molecular formula is C28H23ClFN3O5. The second-order valence-corrected chi connectivity index (χ2v) is 8.97. The highest BCUT2D eigenvalue weighted by molar-refractivity contribution is 6.36. The molecule has 0 spiro atoms. The second kappa shape index (κ2) is 10.5. The maximum atomic E-state index is 14.6. The Balaban J connectivity index is 1.76. The van der Waals surface area contributed by atoms with E-state index in [0.717, 1.165) is 20.3 Å². The molecule has 0 aliphatic heterocycles. The van der Waals surface area contributed by atoms with Gasteiger partial charge in [-0.15, -0.1) is 0 Å². The molecule has 10 heteroatoms. The Labute approximate surface area is 221 Å². The van der Waals surface area contributed by atoms with Crippen molar-refractivity contribution in [3.8, 4) is 28.0 Å². The third-order valence-corrected chi connectivity index (χ3v) is 6.71. The van der Waals surface area contributed by atoms with Crippen molar-refractivity contribution < 1.29 is 18.7 Å². The van der Waals surface area contributed by atoms with Gasteiger partial charge in [0.25, 0.3) is 11.5 Å². The fourth-order valence-corrected chi connectivity index (χ4v) is 4.54. The average molecular weight is 536 g/mol. The Kier molecular flexibility index (Phi) is 7.32. The highest BCUT2D eigenvalue weighted by Gasteiger charge is 2.19. The molecule has 8 nitrogen and oxygen atoms in total. The summed E-state index contributed by atoms with van der Waals surface area (Å²) in [6.45, 7) is 1.85. The molecule has 38 heavy (non-hydrogen) atoms. The monoisotopic (exact) mass is 535 g/mol. The molecule has 194 valence electrons. The SMILES string of the molecule is COc1cc(-c2cccc(-c3cccc(NC(=O)c4cn(C)c(=O)n(C)c4=O)c3Cl)c2C)cc(F)c1C=O. The third kappa shape index (κ3) is 4.64. The van der Waals surface area contributed by atoms with Crippen molar-refractivity contribution in [1.82, 2.24) is 9.13 Å². The maximum Gasteiger partial charge on any atom is 0.330 e.